The van der Waals surface area contributed by atoms with Crippen molar-refractivity contribution in [1.29, 1.82) is 0 Å². The van der Waals surface area contributed by atoms with E-state index in [0.717, 1.165) is 11.1 Å². The van der Waals surface area contributed by atoms with Crippen molar-refractivity contribution in [1.82, 2.24) is 0 Å². The van der Waals surface area contributed by atoms with Crippen molar-refractivity contribution in [2.75, 3.05) is 19.2 Å². The molecule has 0 radical (unpaired) electrons. The number of ether oxygens (including phenoxy) is 2. The molecule has 3 aromatic rings. The summed E-state index contributed by atoms with van der Waals surface area (Å²) in [6, 6.07) is 26.8. The van der Waals surface area contributed by atoms with Gasteiger partial charge in [-0.1, -0.05) is 66.7 Å². The third-order valence-electron chi connectivity index (χ3n) is 6.99. The summed E-state index contributed by atoms with van der Waals surface area (Å²) in [6.07, 6.45) is 1.79. The summed E-state index contributed by atoms with van der Waals surface area (Å²) in [5.74, 6) is -0.737. The van der Waals surface area contributed by atoms with E-state index in [1.807, 2.05) is 91.9 Å². The molecule has 1 amide bonds. The molecule has 176 valence electrons. The number of hydrazone groups is 1. The molecule has 35 heavy (non-hydrogen) atoms. The second kappa shape index (κ2) is 8.87. The molecule has 1 heterocycles. The number of methoxy groups -OCH3 is 2. The Morgan fingerprint density at radius 3 is 2.11 bits per heavy atom. The molecule has 1 aliphatic heterocycles. The maximum atomic E-state index is 14.3. The zero-order valence-corrected chi connectivity index (χ0v) is 19.8. The Hall–Kier alpha value is -4.19. The number of esters is 1. The fraction of sp³-hybridized carbons (Fsp3) is 0.207. The van der Waals surface area contributed by atoms with Crippen LogP contribution in [0.5, 0.6) is 5.75 Å². The zero-order chi connectivity index (χ0) is 24.6. The van der Waals surface area contributed by atoms with Gasteiger partial charge >= 0.3 is 5.97 Å². The Balaban J connectivity index is 1.74. The van der Waals surface area contributed by atoms with E-state index in [9.17, 15) is 9.59 Å². The van der Waals surface area contributed by atoms with Gasteiger partial charge in [0.25, 0.3) is 5.91 Å². The summed E-state index contributed by atoms with van der Waals surface area (Å²) in [6.45, 7) is 1.86. The molecule has 0 unspecified atom stereocenters. The Kier molecular flexibility index (Phi) is 5.73. The van der Waals surface area contributed by atoms with Crippen LogP contribution in [0.15, 0.2) is 102 Å². The van der Waals surface area contributed by atoms with Crippen LogP contribution >= 0.6 is 0 Å². The Morgan fingerprint density at radius 1 is 0.886 bits per heavy atom. The summed E-state index contributed by atoms with van der Waals surface area (Å²) in [5.41, 5.74) is 2.46. The molecular formula is C29H26N2O4. The summed E-state index contributed by atoms with van der Waals surface area (Å²) >= 11 is 0. The van der Waals surface area contributed by atoms with Crippen LogP contribution in [0.3, 0.4) is 0 Å². The minimum atomic E-state index is -1.14. The van der Waals surface area contributed by atoms with Crippen LogP contribution < -0.4 is 9.75 Å². The largest absolute Gasteiger partial charge is 0.497 e. The van der Waals surface area contributed by atoms with Crippen LogP contribution in [0, 0.1) is 5.41 Å². The van der Waals surface area contributed by atoms with E-state index < -0.39 is 23.2 Å². The molecule has 2 aliphatic rings. The van der Waals surface area contributed by atoms with E-state index in [1.165, 1.54) is 12.1 Å². The molecule has 3 atom stereocenters. The number of hydrogen-bond donors (Lipinski definition) is 0. The maximum Gasteiger partial charge on any atom is 0.334 e. The van der Waals surface area contributed by atoms with Gasteiger partial charge in [-0.3, -0.25) is 4.79 Å². The average molecular weight is 467 g/mol. The van der Waals surface area contributed by atoms with Crippen LogP contribution in [0.4, 0.5) is 5.69 Å². The number of carbonyl (C=O) groups is 2. The molecule has 0 saturated heterocycles. The van der Waals surface area contributed by atoms with Gasteiger partial charge in [-0.2, -0.15) is 10.1 Å². The number of carbonyl (C=O) groups excluding carboxylic acids is 2. The lowest BCUT2D eigenvalue weighted by Gasteiger charge is -2.34. The van der Waals surface area contributed by atoms with Crippen LogP contribution in [-0.2, 0) is 14.3 Å². The van der Waals surface area contributed by atoms with Crippen molar-refractivity contribution in [3.63, 3.8) is 0 Å². The molecule has 1 aliphatic carbocycles. The highest BCUT2D eigenvalue weighted by Crippen LogP contribution is 2.59. The lowest BCUT2D eigenvalue weighted by atomic mass is 9.66. The third-order valence-corrected chi connectivity index (χ3v) is 6.99. The SMILES string of the molecule is COC(=O)C1=C[C@]2(C(=O)N(c3ccccc3)N=C2C)[C@H](c2ccc(OC)cc2)[C@H]1c1ccccc1. The highest BCUT2D eigenvalue weighted by atomic mass is 16.5. The standard InChI is InChI=1S/C29H26N2O4/c1-19-29(28(33)31(30-19)22-12-8-5-9-13-22)18-24(27(32)35-3)25(20-10-6-4-7-11-20)26(29)21-14-16-23(34-2)17-15-21/h4-18,25-26H,1-3H3/t25-,26+,29+/m0/s1. The van der Waals surface area contributed by atoms with Crippen LogP contribution in [0.1, 0.15) is 29.9 Å². The average Bonchev–Trinajstić information content (AvgIpc) is 3.40. The first-order valence-corrected chi connectivity index (χ1v) is 11.5. The molecule has 0 aromatic heterocycles. The fourth-order valence-electron chi connectivity index (χ4n) is 5.35. The molecule has 3 aromatic carbocycles. The van der Waals surface area contributed by atoms with Gasteiger partial charge in [0.2, 0.25) is 0 Å². The van der Waals surface area contributed by atoms with Gasteiger partial charge in [-0.15, -0.1) is 0 Å². The summed E-state index contributed by atoms with van der Waals surface area (Å²) in [5, 5.41) is 6.16. The smallest absolute Gasteiger partial charge is 0.334 e. The summed E-state index contributed by atoms with van der Waals surface area (Å²) < 4.78 is 10.6. The van der Waals surface area contributed by atoms with E-state index in [2.05, 4.69) is 0 Å². The number of hydrogen-bond acceptors (Lipinski definition) is 5. The Morgan fingerprint density at radius 2 is 1.51 bits per heavy atom. The molecule has 0 bridgehead atoms. The zero-order valence-electron chi connectivity index (χ0n) is 19.8. The minimum absolute atomic E-state index is 0.193. The highest BCUT2D eigenvalue weighted by Gasteiger charge is 2.61. The van der Waals surface area contributed by atoms with Gasteiger partial charge in [-0.25, -0.2) is 4.79 Å². The van der Waals surface area contributed by atoms with Crippen LogP contribution in [0.25, 0.3) is 0 Å². The quantitative estimate of drug-likeness (QED) is 0.492. The molecule has 1 spiro atoms. The normalized spacial score (nSPS) is 23.3. The van der Waals surface area contributed by atoms with Crippen molar-refractivity contribution in [2.24, 2.45) is 10.5 Å². The van der Waals surface area contributed by atoms with Crippen LogP contribution in [-0.4, -0.2) is 31.8 Å². The number of para-hydroxylation sites is 1. The summed E-state index contributed by atoms with van der Waals surface area (Å²) in [4.78, 5) is 27.4. The van der Waals surface area contributed by atoms with E-state index in [4.69, 9.17) is 14.6 Å². The van der Waals surface area contributed by atoms with Gasteiger partial charge in [0.15, 0.2) is 0 Å². The van der Waals surface area contributed by atoms with Crippen molar-refractivity contribution in [3.05, 3.63) is 108 Å². The molecule has 0 N–H and O–H groups in total. The first-order chi connectivity index (χ1) is 17.0. The number of amides is 1. The topological polar surface area (TPSA) is 68.2 Å². The summed E-state index contributed by atoms with van der Waals surface area (Å²) in [7, 11) is 2.98. The van der Waals surface area contributed by atoms with Gasteiger partial charge in [0.05, 0.1) is 25.6 Å². The fourth-order valence-corrected chi connectivity index (χ4v) is 5.35. The first-order valence-electron chi connectivity index (χ1n) is 11.5. The minimum Gasteiger partial charge on any atom is -0.497 e. The lowest BCUT2D eigenvalue weighted by molar-refractivity contribution is -0.136. The number of nitrogens with zero attached hydrogens (tertiary/aromatic N) is 2. The molecule has 6 heteroatoms. The third kappa shape index (κ3) is 3.53. The van der Waals surface area contributed by atoms with E-state index in [-0.39, 0.29) is 5.91 Å². The maximum absolute atomic E-state index is 14.3. The first kappa shape index (κ1) is 22.6. The Labute approximate surface area is 204 Å². The van der Waals surface area contributed by atoms with Crippen molar-refractivity contribution in [2.45, 2.75) is 18.8 Å². The number of benzene rings is 3. The monoisotopic (exact) mass is 466 g/mol. The predicted octanol–water partition coefficient (Wildman–Crippen LogP) is 5.08. The molecule has 0 saturated carbocycles. The van der Waals surface area contributed by atoms with Gasteiger partial charge in [0, 0.05) is 17.4 Å². The van der Waals surface area contributed by atoms with Crippen molar-refractivity contribution < 1.29 is 19.1 Å². The van der Waals surface area contributed by atoms with Crippen molar-refractivity contribution >= 4 is 23.3 Å². The second-order valence-electron chi connectivity index (χ2n) is 8.74. The van der Waals surface area contributed by atoms with E-state index >= 15 is 0 Å². The predicted molar refractivity (Wildman–Crippen MR) is 134 cm³/mol. The van der Waals surface area contributed by atoms with Gasteiger partial charge < -0.3 is 9.47 Å². The number of rotatable bonds is 5. The van der Waals surface area contributed by atoms with Crippen molar-refractivity contribution in [3.8, 4) is 5.75 Å². The molecule has 5 rings (SSSR count). The van der Waals surface area contributed by atoms with Crippen LogP contribution in [0.2, 0.25) is 0 Å². The van der Waals surface area contributed by atoms with E-state index in [1.54, 1.807) is 13.2 Å². The molecule has 6 nitrogen and oxygen atoms in total. The molecule has 0 fully saturated rings. The Bertz CT molecular complexity index is 1320. The van der Waals surface area contributed by atoms with Gasteiger partial charge in [-0.05, 0) is 42.3 Å². The van der Waals surface area contributed by atoms with Gasteiger partial charge in [0.1, 0.15) is 11.2 Å². The lowest BCUT2D eigenvalue weighted by Crippen LogP contribution is -2.41. The second-order valence-corrected chi connectivity index (χ2v) is 8.74. The molecular weight excluding hydrogens is 440 g/mol. The highest BCUT2D eigenvalue weighted by molar-refractivity contribution is 6.22. The number of anilines is 1. The van der Waals surface area contributed by atoms with E-state index in [0.29, 0.717) is 22.7 Å².